The first kappa shape index (κ1) is 14.3. The van der Waals surface area contributed by atoms with E-state index in [-0.39, 0.29) is 5.82 Å². The summed E-state index contributed by atoms with van der Waals surface area (Å²) >= 11 is 0. The van der Waals surface area contributed by atoms with E-state index in [0.717, 1.165) is 30.9 Å². The third kappa shape index (κ3) is 3.69. The lowest BCUT2D eigenvalue weighted by Gasteiger charge is -2.34. The number of ether oxygens (including phenoxy) is 1. The summed E-state index contributed by atoms with van der Waals surface area (Å²) in [6.45, 7) is 3.22. The highest BCUT2D eigenvalue weighted by Crippen LogP contribution is 2.31. The van der Waals surface area contributed by atoms with Crippen molar-refractivity contribution in [3.8, 4) is 5.75 Å². The second-order valence-corrected chi connectivity index (χ2v) is 5.42. The number of methoxy groups -OCH3 is 1. The van der Waals surface area contributed by atoms with E-state index in [2.05, 4.69) is 12.2 Å². The molecule has 1 aliphatic carbocycles. The minimum absolute atomic E-state index is 0.261. The van der Waals surface area contributed by atoms with Crippen LogP contribution in [-0.2, 0) is 6.42 Å². The van der Waals surface area contributed by atoms with Crippen LogP contribution in [0.1, 0.15) is 38.2 Å². The second-order valence-electron chi connectivity index (χ2n) is 5.42. The quantitative estimate of drug-likeness (QED) is 0.814. The molecule has 1 N–H and O–H groups in total. The van der Waals surface area contributed by atoms with Crippen molar-refractivity contribution in [3.05, 3.63) is 29.6 Å². The van der Waals surface area contributed by atoms with Gasteiger partial charge in [-0.2, -0.15) is 0 Å². The summed E-state index contributed by atoms with van der Waals surface area (Å²) in [4.78, 5) is 0. The maximum Gasteiger partial charge on any atom is 0.165 e. The molecule has 3 heteroatoms. The maximum atomic E-state index is 13.7. The highest BCUT2D eigenvalue weighted by molar-refractivity contribution is 5.29. The molecule has 1 atom stereocenters. The van der Waals surface area contributed by atoms with Crippen molar-refractivity contribution in [3.63, 3.8) is 0 Å². The first-order chi connectivity index (χ1) is 9.24. The molecular weight excluding hydrogens is 241 g/mol. The highest BCUT2D eigenvalue weighted by Gasteiger charge is 2.26. The van der Waals surface area contributed by atoms with Gasteiger partial charge in [-0.15, -0.1) is 0 Å². The third-order valence-corrected chi connectivity index (χ3v) is 4.05. The van der Waals surface area contributed by atoms with E-state index in [1.807, 2.05) is 6.07 Å². The summed E-state index contributed by atoms with van der Waals surface area (Å²) < 4.78 is 18.7. The number of hydrogen-bond acceptors (Lipinski definition) is 2. The fraction of sp³-hybridized carbons (Fsp3) is 0.625. The summed E-state index contributed by atoms with van der Waals surface area (Å²) in [5, 5.41) is 3.61. The fourth-order valence-electron chi connectivity index (χ4n) is 2.67. The van der Waals surface area contributed by atoms with Gasteiger partial charge in [0.1, 0.15) is 0 Å². The minimum Gasteiger partial charge on any atom is -0.494 e. The third-order valence-electron chi connectivity index (χ3n) is 4.05. The standard InChI is InChI=1S/C16H24FNO/c1-3-9-18-15(13-5-4-6-13)11-12-7-8-16(19-2)14(17)10-12/h7-8,10,13,15,18H,3-6,9,11H2,1-2H3. The average Bonchev–Trinajstić information content (AvgIpc) is 2.34. The predicted molar refractivity (Wildman–Crippen MR) is 76.1 cm³/mol. The van der Waals surface area contributed by atoms with E-state index in [1.165, 1.54) is 26.4 Å². The van der Waals surface area contributed by atoms with E-state index in [4.69, 9.17) is 4.74 Å². The zero-order chi connectivity index (χ0) is 13.7. The summed E-state index contributed by atoms with van der Waals surface area (Å²) in [5.41, 5.74) is 1.05. The van der Waals surface area contributed by atoms with E-state index in [0.29, 0.717) is 11.8 Å². The lowest BCUT2D eigenvalue weighted by molar-refractivity contribution is 0.227. The number of hydrogen-bond donors (Lipinski definition) is 1. The highest BCUT2D eigenvalue weighted by atomic mass is 19.1. The van der Waals surface area contributed by atoms with E-state index in [9.17, 15) is 4.39 Å². The van der Waals surface area contributed by atoms with Crippen LogP contribution >= 0.6 is 0 Å². The van der Waals surface area contributed by atoms with Gasteiger partial charge in [0.15, 0.2) is 11.6 Å². The Hall–Kier alpha value is -1.09. The molecule has 2 nitrogen and oxygen atoms in total. The van der Waals surface area contributed by atoms with Crippen LogP contribution in [0.15, 0.2) is 18.2 Å². The molecule has 1 aromatic carbocycles. The van der Waals surface area contributed by atoms with Gasteiger partial charge in [0.05, 0.1) is 7.11 Å². The van der Waals surface area contributed by atoms with Gasteiger partial charge in [-0.3, -0.25) is 0 Å². The molecule has 1 unspecified atom stereocenters. The maximum absolute atomic E-state index is 13.7. The molecule has 0 saturated heterocycles. The van der Waals surface area contributed by atoms with Gasteiger partial charge >= 0.3 is 0 Å². The van der Waals surface area contributed by atoms with Gasteiger partial charge in [-0.1, -0.05) is 19.4 Å². The Kier molecular flexibility index (Phi) is 5.20. The van der Waals surface area contributed by atoms with Crippen LogP contribution in [-0.4, -0.2) is 19.7 Å². The zero-order valence-electron chi connectivity index (χ0n) is 11.9. The summed E-state index contributed by atoms with van der Waals surface area (Å²) in [6.07, 6.45) is 6.00. The van der Waals surface area contributed by atoms with E-state index in [1.54, 1.807) is 12.1 Å². The van der Waals surface area contributed by atoms with Gasteiger partial charge in [0, 0.05) is 6.04 Å². The molecule has 0 bridgehead atoms. The Morgan fingerprint density at radius 2 is 2.21 bits per heavy atom. The monoisotopic (exact) mass is 265 g/mol. The molecule has 0 heterocycles. The van der Waals surface area contributed by atoms with Crippen LogP contribution in [0.2, 0.25) is 0 Å². The van der Waals surface area contributed by atoms with Crippen LogP contribution in [0.25, 0.3) is 0 Å². The first-order valence-corrected chi connectivity index (χ1v) is 7.30. The van der Waals surface area contributed by atoms with Crippen LogP contribution in [0.3, 0.4) is 0 Å². The molecule has 1 aromatic rings. The van der Waals surface area contributed by atoms with Gasteiger partial charge in [0.25, 0.3) is 0 Å². The molecule has 1 fully saturated rings. The van der Waals surface area contributed by atoms with Gasteiger partial charge < -0.3 is 10.1 Å². The Bertz CT molecular complexity index is 404. The Labute approximate surface area is 115 Å². The van der Waals surface area contributed by atoms with Gasteiger partial charge in [0.2, 0.25) is 0 Å². The summed E-state index contributed by atoms with van der Waals surface area (Å²) in [5.74, 6) is 0.824. The number of benzene rings is 1. The predicted octanol–water partition coefficient (Wildman–Crippen LogP) is 3.55. The smallest absolute Gasteiger partial charge is 0.165 e. The number of nitrogens with one attached hydrogen (secondary N) is 1. The second kappa shape index (κ2) is 6.90. The van der Waals surface area contributed by atoms with Crippen LogP contribution in [0.4, 0.5) is 4.39 Å². The van der Waals surface area contributed by atoms with Crippen LogP contribution < -0.4 is 10.1 Å². The minimum atomic E-state index is -0.261. The Balaban J connectivity index is 2.01. The number of halogens is 1. The molecule has 0 aliphatic heterocycles. The van der Waals surface area contributed by atoms with Crippen molar-refractivity contribution in [2.24, 2.45) is 5.92 Å². The molecule has 0 amide bonds. The molecule has 1 aliphatic rings. The molecule has 0 spiro atoms. The largest absolute Gasteiger partial charge is 0.494 e. The van der Waals surface area contributed by atoms with Gasteiger partial charge in [-0.05, 0) is 55.8 Å². The summed E-state index contributed by atoms with van der Waals surface area (Å²) in [7, 11) is 1.50. The molecule has 2 rings (SSSR count). The Morgan fingerprint density at radius 1 is 1.42 bits per heavy atom. The molecular formula is C16H24FNO. The van der Waals surface area contributed by atoms with E-state index >= 15 is 0 Å². The molecule has 0 aromatic heterocycles. The lowest BCUT2D eigenvalue weighted by Crippen LogP contribution is -2.41. The van der Waals surface area contributed by atoms with Crippen LogP contribution in [0, 0.1) is 11.7 Å². The molecule has 1 saturated carbocycles. The van der Waals surface area contributed by atoms with Crippen molar-refractivity contribution < 1.29 is 9.13 Å². The topological polar surface area (TPSA) is 21.3 Å². The first-order valence-electron chi connectivity index (χ1n) is 7.30. The van der Waals surface area contributed by atoms with Crippen molar-refractivity contribution in [2.45, 2.75) is 45.1 Å². The van der Waals surface area contributed by atoms with Gasteiger partial charge in [-0.25, -0.2) is 4.39 Å². The van der Waals surface area contributed by atoms with Crippen molar-refractivity contribution in [2.75, 3.05) is 13.7 Å². The van der Waals surface area contributed by atoms with Crippen molar-refractivity contribution in [1.82, 2.24) is 5.32 Å². The van der Waals surface area contributed by atoms with Crippen molar-refractivity contribution >= 4 is 0 Å². The molecule has 0 radical (unpaired) electrons. The average molecular weight is 265 g/mol. The normalized spacial score (nSPS) is 17.0. The van der Waals surface area contributed by atoms with E-state index < -0.39 is 0 Å². The molecule has 106 valence electrons. The molecule has 19 heavy (non-hydrogen) atoms. The Morgan fingerprint density at radius 3 is 2.74 bits per heavy atom. The zero-order valence-corrected chi connectivity index (χ0v) is 11.9. The number of rotatable bonds is 7. The van der Waals surface area contributed by atoms with Crippen molar-refractivity contribution in [1.29, 1.82) is 0 Å². The fourth-order valence-corrected chi connectivity index (χ4v) is 2.67. The lowest BCUT2D eigenvalue weighted by atomic mass is 9.77. The summed E-state index contributed by atoms with van der Waals surface area (Å²) in [6, 6.07) is 5.79. The van der Waals surface area contributed by atoms with Crippen LogP contribution in [0.5, 0.6) is 5.75 Å². The SMILES string of the molecule is CCCNC(Cc1ccc(OC)c(F)c1)C1CCC1.